The average Bonchev–Trinajstić information content (AvgIpc) is 2.92. The minimum atomic E-state index is -0.383. The average molecular weight is 493 g/mol. The Labute approximate surface area is 213 Å². The second-order valence-electron chi connectivity index (χ2n) is 8.97. The summed E-state index contributed by atoms with van der Waals surface area (Å²) in [6, 6.07) is 17.5. The fraction of sp³-hybridized carbons (Fsp3) is 0.448. The highest BCUT2D eigenvalue weighted by Crippen LogP contribution is 2.40. The molecule has 0 aromatic heterocycles. The van der Waals surface area contributed by atoms with Crippen molar-refractivity contribution in [3.8, 4) is 17.8 Å². The number of ether oxygens (including phenoxy) is 3. The van der Waals surface area contributed by atoms with Crippen LogP contribution in [0, 0.1) is 12.0 Å². The lowest BCUT2D eigenvalue weighted by molar-refractivity contribution is 0.0564. The lowest BCUT2D eigenvalue weighted by Crippen LogP contribution is -2.45. The number of amides is 2. The molecule has 36 heavy (non-hydrogen) atoms. The number of benzene rings is 2. The van der Waals surface area contributed by atoms with Crippen LogP contribution in [0.3, 0.4) is 0 Å². The number of rotatable bonds is 11. The molecule has 7 heteroatoms. The lowest BCUT2D eigenvalue weighted by atomic mass is 9.68. The quantitative estimate of drug-likeness (QED) is 0.347. The van der Waals surface area contributed by atoms with Crippen LogP contribution in [0.25, 0.3) is 0 Å². The minimum Gasteiger partial charge on any atom is -0.496 e. The predicted octanol–water partition coefficient (Wildman–Crippen LogP) is 4.81. The van der Waals surface area contributed by atoms with Gasteiger partial charge in [-0.3, -0.25) is 4.79 Å². The van der Waals surface area contributed by atoms with Gasteiger partial charge < -0.3 is 24.8 Å². The summed E-state index contributed by atoms with van der Waals surface area (Å²) in [5.74, 6) is 3.07. The molecule has 192 valence electrons. The monoisotopic (exact) mass is 492 g/mol. The van der Waals surface area contributed by atoms with Crippen LogP contribution in [0.2, 0.25) is 0 Å². The fourth-order valence-corrected chi connectivity index (χ4v) is 4.60. The van der Waals surface area contributed by atoms with E-state index in [1.54, 1.807) is 26.2 Å². The molecule has 1 fully saturated rings. The number of alkyl carbamates (subject to hydrolysis) is 1. The number of nitrogens with one attached hydrogen (secondary N) is 2. The lowest BCUT2D eigenvalue weighted by Gasteiger charge is -2.40. The van der Waals surface area contributed by atoms with E-state index >= 15 is 0 Å². The van der Waals surface area contributed by atoms with E-state index < -0.39 is 0 Å². The topological polar surface area (TPSA) is 85.9 Å². The Morgan fingerprint density at radius 3 is 2.44 bits per heavy atom. The molecule has 1 aliphatic rings. The molecule has 0 saturated heterocycles. The first kappa shape index (κ1) is 26.9. The summed E-state index contributed by atoms with van der Waals surface area (Å²) in [5.41, 5.74) is 1.47. The summed E-state index contributed by atoms with van der Waals surface area (Å²) in [6.45, 7) is 3.31. The van der Waals surface area contributed by atoms with Gasteiger partial charge in [-0.25, -0.2) is 4.79 Å². The van der Waals surface area contributed by atoms with Crippen molar-refractivity contribution in [1.29, 1.82) is 0 Å². The van der Waals surface area contributed by atoms with Gasteiger partial charge in [-0.05, 0) is 56.2 Å². The molecule has 2 amide bonds. The number of hydrogen-bond donors (Lipinski definition) is 2. The molecule has 0 radical (unpaired) electrons. The zero-order chi connectivity index (χ0) is 25.6. The van der Waals surface area contributed by atoms with Crippen molar-refractivity contribution >= 4 is 12.0 Å². The smallest absolute Gasteiger partial charge is 0.407 e. The second-order valence-corrected chi connectivity index (χ2v) is 8.97. The largest absolute Gasteiger partial charge is 0.496 e. The van der Waals surface area contributed by atoms with Gasteiger partial charge in [-0.15, -0.1) is 0 Å². The van der Waals surface area contributed by atoms with Crippen LogP contribution >= 0.6 is 0 Å². The molecule has 1 saturated carbocycles. The number of para-hydroxylation sites is 1. The molecule has 2 aromatic carbocycles. The van der Waals surface area contributed by atoms with Gasteiger partial charge in [0.05, 0.1) is 12.7 Å². The van der Waals surface area contributed by atoms with Crippen LogP contribution < -0.4 is 15.4 Å². The second kappa shape index (κ2) is 14.0. The maximum absolute atomic E-state index is 13.0. The van der Waals surface area contributed by atoms with Gasteiger partial charge in [0.15, 0.2) is 0 Å². The van der Waals surface area contributed by atoms with Crippen molar-refractivity contribution < 1.29 is 23.8 Å². The normalized spacial score (nSPS) is 18.8. The molecule has 2 aromatic rings. The van der Waals surface area contributed by atoms with Crippen LogP contribution in [-0.4, -0.2) is 44.9 Å². The third-order valence-corrected chi connectivity index (χ3v) is 6.61. The number of carbonyl (C=O) groups is 2. The van der Waals surface area contributed by atoms with Crippen LogP contribution in [0.4, 0.5) is 4.79 Å². The van der Waals surface area contributed by atoms with Crippen molar-refractivity contribution in [1.82, 2.24) is 10.6 Å². The van der Waals surface area contributed by atoms with Gasteiger partial charge in [0.2, 0.25) is 0 Å². The van der Waals surface area contributed by atoms with Crippen LogP contribution in [0.5, 0.6) is 5.75 Å². The van der Waals surface area contributed by atoms with Gasteiger partial charge >= 0.3 is 6.09 Å². The Balaban J connectivity index is 1.53. The zero-order valence-electron chi connectivity index (χ0n) is 21.2. The zero-order valence-corrected chi connectivity index (χ0v) is 21.2. The third-order valence-electron chi connectivity index (χ3n) is 6.61. The molecule has 1 aliphatic carbocycles. The predicted molar refractivity (Wildman–Crippen MR) is 139 cm³/mol. The van der Waals surface area contributed by atoms with E-state index in [0.717, 1.165) is 38.5 Å². The van der Waals surface area contributed by atoms with Gasteiger partial charge in [0.25, 0.3) is 5.91 Å². The number of carbonyl (C=O) groups excluding carboxylic acids is 2. The Morgan fingerprint density at radius 1 is 1.00 bits per heavy atom. The van der Waals surface area contributed by atoms with E-state index in [1.807, 2.05) is 30.3 Å². The Hall–Kier alpha value is -3.66. The summed E-state index contributed by atoms with van der Waals surface area (Å²) in [7, 11) is 1.56. The molecule has 3 rings (SSSR count). The van der Waals surface area contributed by atoms with E-state index in [1.165, 1.54) is 5.56 Å². The van der Waals surface area contributed by atoms with Crippen LogP contribution in [-0.2, 0) is 14.9 Å². The van der Waals surface area contributed by atoms with Gasteiger partial charge in [-0.2, -0.15) is 0 Å². The van der Waals surface area contributed by atoms with E-state index in [-0.39, 0.29) is 23.5 Å². The Kier molecular flexibility index (Phi) is 10.5. The first-order valence-corrected chi connectivity index (χ1v) is 12.5. The Bertz CT molecular complexity index is 1040. The first-order chi connectivity index (χ1) is 17.6. The molecule has 0 unspecified atom stereocenters. The standard InChI is InChI=1S/C29H36N2O5/c1-3-20-35-21-10-9-19-30-28(33)36-24-15-17-29(18-16-24,23-11-5-4-6-12-23)22-31-27(32)25-13-7-8-14-26(25)34-2/h4-8,11-14,24H,9-10,15-19,21-22H2,1-2H3,(H,30,33)(H,31,32). The molecule has 0 spiro atoms. The molecular formula is C29H36N2O5. The number of hydrogen-bond acceptors (Lipinski definition) is 5. The SMILES string of the molecule is CC#COCCCCNC(=O)OC1CCC(CNC(=O)c2ccccc2OC)(c2ccccc2)CC1. The van der Waals surface area contributed by atoms with E-state index in [9.17, 15) is 9.59 Å². The molecule has 7 nitrogen and oxygen atoms in total. The highest BCUT2D eigenvalue weighted by molar-refractivity contribution is 5.97. The highest BCUT2D eigenvalue weighted by Gasteiger charge is 2.38. The van der Waals surface area contributed by atoms with E-state index in [0.29, 0.717) is 31.0 Å². The van der Waals surface area contributed by atoms with Crippen molar-refractivity contribution in [2.75, 3.05) is 26.8 Å². The fourth-order valence-electron chi connectivity index (χ4n) is 4.60. The first-order valence-electron chi connectivity index (χ1n) is 12.5. The van der Waals surface area contributed by atoms with Crippen molar-refractivity contribution in [3.63, 3.8) is 0 Å². The van der Waals surface area contributed by atoms with E-state index in [4.69, 9.17) is 14.2 Å². The molecule has 0 bridgehead atoms. The molecule has 0 atom stereocenters. The third kappa shape index (κ3) is 7.67. The molecular weight excluding hydrogens is 456 g/mol. The number of unbranched alkanes of at least 4 members (excludes halogenated alkanes) is 1. The van der Waals surface area contributed by atoms with Gasteiger partial charge in [0.1, 0.15) is 24.6 Å². The van der Waals surface area contributed by atoms with E-state index in [2.05, 4.69) is 34.8 Å². The summed E-state index contributed by atoms with van der Waals surface area (Å²) < 4.78 is 16.1. The van der Waals surface area contributed by atoms with Gasteiger partial charge in [0, 0.05) is 25.4 Å². The molecule has 0 heterocycles. The maximum atomic E-state index is 13.0. The van der Waals surface area contributed by atoms with Crippen molar-refractivity contribution in [3.05, 3.63) is 65.7 Å². The number of methoxy groups -OCH3 is 1. The highest BCUT2D eigenvalue weighted by atomic mass is 16.6. The summed E-state index contributed by atoms with van der Waals surface area (Å²) in [6.07, 6.45) is 6.72. The summed E-state index contributed by atoms with van der Waals surface area (Å²) in [5, 5.41) is 5.95. The van der Waals surface area contributed by atoms with Gasteiger partial charge in [-0.1, -0.05) is 48.4 Å². The van der Waals surface area contributed by atoms with Crippen LogP contribution in [0.15, 0.2) is 54.6 Å². The maximum Gasteiger partial charge on any atom is 0.407 e. The molecule has 2 N–H and O–H groups in total. The minimum absolute atomic E-state index is 0.144. The summed E-state index contributed by atoms with van der Waals surface area (Å²) >= 11 is 0. The molecule has 0 aliphatic heterocycles. The van der Waals surface area contributed by atoms with Crippen molar-refractivity contribution in [2.24, 2.45) is 0 Å². The summed E-state index contributed by atoms with van der Waals surface area (Å²) in [4.78, 5) is 25.2. The van der Waals surface area contributed by atoms with Crippen LogP contribution in [0.1, 0.15) is 61.4 Å². The Morgan fingerprint density at radius 2 is 1.72 bits per heavy atom. The van der Waals surface area contributed by atoms with Crippen molar-refractivity contribution in [2.45, 2.75) is 57.0 Å².